The van der Waals surface area contributed by atoms with E-state index in [0.717, 1.165) is 12.1 Å². The molecule has 1 aliphatic heterocycles. The van der Waals surface area contributed by atoms with E-state index in [9.17, 15) is 4.79 Å². The molecule has 0 spiro atoms. The maximum Gasteiger partial charge on any atom is 0.411 e. The van der Waals surface area contributed by atoms with E-state index in [-0.39, 0.29) is 24.3 Å². The van der Waals surface area contributed by atoms with Crippen LogP contribution in [-0.2, 0) is 11.8 Å². The number of hydrogen-bond acceptors (Lipinski definition) is 3. The number of carbonyl (C=O) groups excluding carboxylic acids is 1. The number of hydrogen-bond donors (Lipinski definition) is 0. The van der Waals surface area contributed by atoms with E-state index in [2.05, 4.69) is 11.9 Å². The molecule has 1 aromatic heterocycles. The van der Waals surface area contributed by atoms with Crippen molar-refractivity contribution in [1.82, 2.24) is 14.5 Å². The molecule has 2 rings (SSSR count). The molecule has 0 aromatic carbocycles. The molecule has 1 aliphatic rings. The number of nitrogens with zero attached hydrogens (tertiary/aromatic N) is 3. The van der Waals surface area contributed by atoms with Gasteiger partial charge in [-0.25, -0.2) is 9.78 Å². The number of carbonyl (C=O) groups is 1. The van der Waals surface area contributed by atoms with Gasteiger partial charge in [-0.2, -0.15) is 0 Å². The van der Waals surface area contributed by atoms with Crippen LogP contribution < -0.4 is 0 Å². The van der Waals surface area contributed by atoms with Gasteiger partial charge in [-0.15, -0.1) is 0 Å². The highest BCUT2D eigenvalue weighted by Crippen LogP contribution is 2.33. The number of amides is 1. The highest BCUT2D eigenvalue weighted by atomic mass is 16.6. The van der Waals surface area contributed by atoms with Gasteiger partial charge in [0, 0.05) is 13.1 Å². The van der Waals surface area contributed by atoms with Gasteiger partial charge in [-0.1, -0.05) is 6.92 Å². The van der Waals surface area contributed by atoms with Crippen LogP contribution in [-0.4, -0.2) is 32.6 Å². The zero-order chi connectivity index (χ0) is 12.6. The fourth-order valence-corrected chi connectivity index (χ4v) is 2.31. The topological polar surface area (TPSA) is 47.4 Å². The number of ether oxygens (including phenoxy) is 1. The van der Waals surface area contributed by atoms with Crippen LogP contribution in [0.1, 0.15) is 39.0 Å². The van der Waals surface area contributed by atoms with Gasteiger partial charge < -0.3 is 9.30 Å². The van der Waals surface area contributed by atoms with Gasteiger partial charge in [0.25, 0.3) is 0 Å². The van der Waals surface area contributed by atoms with Crippen molar-refractivity contribution in [2.75, 3.05) is 0 Å². The third-order valence-corrected chi connectivity index (χ3v) is 3.53. The first kappa shape index (κ1) is 12.0. The Kier molecular flexibility index (Phi) is 3.09. The molecule has 0 bridgehead atoms. The molecule has 1 saturated heterocycles. The van der Waals surface area contributed by atoms with Crippen molar-refractivity contribution in [3.05, 3.63) is 18.2 Å². The Bertz CT molecular complexity index is 416. The molecule has 17 heavy (non-hydrogen) atoms. The second-order valence-corrected chi connectivity index (χ2v) is 4.64. The van der Waals surface area contributed by atoms with Gasteiger partial charge in [0.1, 0.15) is 0 Å². The van der Waals surface area contributed by atoms with Crippen molar-refractivity contribution in [3.63, 3.8) is 0 Å². The molecule has 0 radical (unpaired) electrons. The van der Waals surface area contributed by atoms with Crippen LogP contribution >= 0.6 is 0 Å². The summed E-state index contributed by atoms with van der Waals surface area (Å²) in [7, 11) is 1.91. The number of aromatic nitrogens is 2. The molecule has 94 valence electrons. The minimum atomic E-state index is -0.224. The van der Waals surface area contributed by atoms with Gasteiger partial charge >= 0.3 is 6.09 Å². The van der Waals surface area contributed by atoms with E-state index < -0.39 is 0 Å². The van der Waals surface area contributed by atoms with Crippen molar-refractivity contribution in [2.45, 2.75) is 45.4 Å². The number of imidazole rings is 1. The molecule has 5 nitrogen and oxygen atoms in total. The summed E-state index contributed by atoms with van der Waals surface area (Å²) in [5.74, 6) is 0. The minimum absolute atomic E-state index is 0.0489. The molecular formula is C12H19N3O2. The second-order valence-electron chi connectivity index (χ2n) is 4.64. The first-order valence-corrected chi connectivity index (χ1v) is 6.01. The van der Waals surface area contributed by atoms with Crippen LogP contribution in [0.3, 0.4) is 0 Å². The molecule has 2 heterocycles. The van der Waals surface area contributed by atoms with Gasteiger partial charge in [0.05, 0.1) is 24.3 Å². The van der Waals surface area contributed by atoms with Gasteiger partial charge in [0.2, 0.25) is 0 Å². The Morgan fingerprint density at radius 2 is 2.29 bits per heavy atom. The fourth-order valence-electron chi connectivity index (χ4n) is 2.31. The van der Waals surface area contributed by atoms with Crippen LogP contribution in [0.4, 0.5) is 4.79 Å². The summed E-state index contributed by atoms with van der Waals surface area (Å²) in [4.78, 5) is 17.8. The largest absolute Gasteiger partial charge is 0.437 e. The van der Waals surface area contributed by atoms with Crippen LogP contribution in [0, 0.1) is 0 Å². The van der Waals surface area contributed by atoms with Crippen LogP contribution in [0.15, 0.2) is 12.5 Å². The summed E-state index contributed by atoms with van der Waals surface area (Å²) in [5.41, 5.74) is 0.941. The average molecular weight is 237 g/mol. The molecule has 1 amide bonds. The molecule has 0 N–H and O–H groups in total. The molecule has 1 unspecified atom stereocenters. The van der Waals surface area contributed by atoms with Crippen molar-refractivity contribution in [3.8, 4) is 0 Å². The third kappa shape index (κ3) is 1.90. The maximum absolute atomic E-state index is 11.9. The molecule has 1 fully saturated rings. The number of cyclic esters (lactones) is 1. The van der Waals surface area contributed by atoms with E-state index >= 15 is 0 Å². The predicted molar refractivity (Wildman–Crippen MR) is 63.5 cm³/mol. The summed E-state index contributed by atoms with van der Waals surface area (Å²) >= 11 is 0. The van der Waals surface area contributed by atoms with E-state index in [1.54, 1.807) is 12.5 Å². The van der Waals surface area contributed by atoms with Gasteiger partial charge in [-0.3, -0.25) is 4.90 Å². The highest BCUT2D eigenvalue weighted by Gasteiger charge is 2.42. The third-order valence-electron chi connectivity index (χ3n) is 3.53. The summed E-state index contributed by atoms with van der Waals surface area (Å²) in [6.45, 7) is 6.14. The Hall–Kier alpha value is -1.52. The van der Waals surface area contributed by atoms with Crippen molar-refractivity contribution < 1.29 is 9.53 Å². The lowest BCUT2D eigenvalue weighted by molar-refractivity contribution is 0.125. The molecular weight excluding hydrogens is 218 g/mol. The second kappa shape index (κ2) is 4.39. The van der Waals surface area contributed by atoms with E-state index in [1.165, 1.54) is 0 Å². The number of rotatable bonds is 3. The van der Waals surface area contributed by atoms with Gasteiger partial charge in [0.15, 0.2) is 6.10 Å². The normalized spacial score (nSPS) is 26.1. The lowest BCUT2D eigenvalue weighted by Gasteiger charge is -2.26. The van der Waals surface area contributed by atoms with Crippen LogP contribution in [0.5, 0.6) is 0 Å². The summed E-state index contributed by atoms with van der Waals surface area (Å²) in [6, 6.07) is 0.253. The molecule has 0 saturated carbocycles. The van der Waals surface area contributed by atoms with E-state index in [4.69, 9.17) is 4.74 Å². The molecule has 0 aliphatic carbocycles. The van der Waals surface area contributed by atoms with Crippen molar-refractivity contribution >= 4 is 6.09 Å². The maximum atomic E-state index is 11.9. The van der Waals surface area contributed by atoms with Crippen molar-refractivity contribution in [2.24, 2.45) is 7.05 Å². The standard InChI is InChI=1S/C12H19N3O2/c1-5-8(2)15-9(3)11(17-12(15)16)10-6-13-7-14(10)4/h6-9,11H,5H2,1-4H3/t8?,9-,11-/m0/s1. The zero-order valence-corrected chi connectivity index (χ0v) is 10.8. The van der Waals surface area contributed by atoms with Crippen LogP contribution in [0.2, 0.25) is 0 Å². The van der Waals surface area contributed by atoms with E-state index in [0.29, 0.717) is 0 Å². The molecule has 5 heteroatoms. The lowest BCUT2D eigenvalue weighted by atomic mass is 10.1. The average Bonchev–Trinajstić information content (AvgIpc) is 2.82. The fraction of sp³-hybridized carbons (Fsp3) is 0.667. The summed E-state index contributed by atoms with van der Waals surface area (Å²) < 4.78 is 7.36. The quantitative estimate of drug-likeness (QED) is 0.808. The van der Waals surface area contributed by atoms with E-state index in [1.807, 2.05) is 30.4 Å². The van der Waals surface area contributed by atoms with Gasteiger partial charge in [-0.05, 0) is 20.3 Å². The summed E-state index contributed by atoms with van der Waals surface area (Å²) in [5, 5.41) is 0. The van der Waals surface area contributed by atoms with Crippen molar-refractivity contribution in [1.29, 1.82) is 0 Å². The Morgan fingerprint density at radius 1 is 1.59 bits per heavy atom. The summed E-state index contributed by atoms with van der Waals surface area (Å²) in [6.07, 6.45) is 3.97. The first-order chi connectivity index (χ1) is 8.06. The Morgan fingerprint density at radius 3 is 2.82 bits per heavy atom. The Labute approximate surface area is 101 Å². The lowest BCUT2D eigenvalue weighted by Crippen LogP contribution is -2.39. The Balaban J connectivity index is 2.24. The smallest absolute Gasteiger partial charge is 0.411 e. The SMILES string of the molecule is CCC(C)N1C(=O)O[C@H](c2cncn2C)[C@@H]1C. The highest BCUT2D eigenvalue weighted by molar-refractivity contribution is 5.71. The van der Waals surface area contributed by atoms with Crippen LogP contribution in [0.25, 0.3) is 0 Å². The predicted octanol–water partition coefficient (Wildman–Crippen LogP) is 2.10. The number of aryl methyl sites for hydroxylation is 1. The first-order valence-electron chi connectivity index (χ1n) is 6.01. The monoisotopic (exact) mass is 237 g/mol. The minimum Gasteiger partial charge on any atom is -0.437 e. The zero-order valence-electron chi connectivity index (χ0n) is 10.8. The molecule has 1 aromatic rings. The molecule has 3 atom stereocenters.